The van der Waals surface area contributed by atoms with Crippen molar-refractivity contribution in [3.8, 4) is 0 Å². The van der Waals surface area contributed by atoms with Crippen molar-refractivity contribution in [2.24, 2.45) is 0 Å². The van der Waals surface area contributed by atoms with Gasteiger partial charge in [0.25, 0.3) is 27.5 Å². The third-order valence-corrected chi connectivity index (χ3v) is 20.5. The maximum Gasteiger partial charge on any atom is 1.00 e. The molecule has 1 rings (SSSR count). The first-order valence-electron chi connectivity index (χ1n) is 42.3. The predicted octanol–water partition coefficient (Wildman–Crippen LogP) is 8.69. The van der Waals surface area contributed by atoms with Gasteiger partial charge in [0.15, 0.2) is 18.0 Å². The number of carbonyl (C=O) groups is 6. The maximum absolute atomic E-state index is 13.7. The molecule has 1 fully saturated rings. The smallest absolute Gasteiger partial charge is 0.756 e. The Morgan fingerprint density at radius 1 is 0.414 bits per heavy atom. The molecule has 6 N–H and O–H groups in total. The molecule has 0 radical (unpaired) electrons. The molecule has 1 aliphatic rings. The van der Waals surface area contributed by atoms with E-state index in [4.69, 9.17) is 46.5 Å². The molecule has 0 aromatic heterocycles. The van der Waals surface area contributed by atoms with Gasteiger partial charge in [-0.1, -0.05) is 220 Å². The first kappa shape index (κ1) is 111. The number of phosphoric ester groups is 2. The quantitative estimate of drug-likeness (QED) is 0.0109. The van der Waals surface area contributed by atoms with Gasteiger partial charge in [0.2, 0.25) is 11.8 Å². The van der Waals surface area contributed by atoms with E-state index < -0.39 is 145 Å². The van der Waals surface area contributed by atoms with Crippen molar-refractivity contribution in [2.75, 3.05) is 65.9 Å². The fraction of sp³-hybridized carbons (Fsp3) is 0.877. The zero-order valence-corrected chi connectivity index (χ0v) is 76.4. The molecule has 26 nitrogen and oxygen atoms in total. The summed E-state index contributed by atoms with van der Waals surface area (Å²) in [6, 6.07) is -2.05. The number of hydrogen-bond acceptors (Lipinski definition) is 22. The third-order valence-electron chi connectivity index (χ3n) is 18.6. The van der Waals surface area contributed by atoms with Crippen LogP contribution in [0.25, 0.3) is 0 Å². The van der Waals surface area contributed by atoms with Crippen molar-refractivity contribution < 1.29 is 164 Å². The topological polar surface area (TPSA) is 364 Å². The van der Waals surface area contributed by atoms with Crippen LogP contribution in [0.1, 0.15) is 338 Å². The van der Waals surface area contributed by atoms with E-state index in [0.717, 1.165) is 167 Å². The van der Waals surface area contributed by atoms with Crippen LogP contribution < -0.4 is 90.2 Å². The number of allylic oxidation sites excluding steroid dienone is 4. The number of phosphoric acid groups is 2. The minimum Gasteiger partial charge on any atom is -0.756 e. The first-order valence-corrected chi connectivity index (χ1v) is 45.2. The molecule has 30 heteroatoms. The summed E-state index contributed by atoms with van der Waals surface area (Å²) in [7, 11) is -10.3. The predicted molar refractivity (Wildman–Crippen MR) is 422 cm³/mol. The number of nitrogens with one attached hydrogen (secondary N) is 4. The minimum absolute atomic E-state index is 0. The van der Waals surface area contributed by atoms with E-state index in [1.807, 2.05) is 0 Å². The first-order chi connectivity index (χ1) is 52.4. The van der Waals surface area contributed by atoms with Crippen LogP contribution in [0.2, 0.25) is 0 Å². The number of unbranched alkanes of at least 4 members (excludes halogenated alkanes) is 26. The van der Waals surface area contributed by atoms with Gasteiger partial charge in [-0.2, -0.15) is 0 Å². The van der Waals surface area contributed by atoms with Crippen molar-refractivity contribution in [2.45, 2.75) is 392 Å². The Labute approximate surface area is 713 Å². The van der Waals surface area contributed by atoms with Crippen molar-refractivity contribution >= 4 is 51.2 Å². The fourth-order valence-corrected chi connectivity index (χ4v) is 13.8. The molecule has 638 valence electrons. The van der Waals surface area contributed by atoms with Gasteiger partial charge in [-0.15, -0.1) is 0 Å². The van der Waals surface area contributed by atoms with Gasteiger partial charge < -0.3 is 87.8 Å². The average molecular weight is 1640 g/mol. The number of aliphatic hydroxyl groups is 2. The SMILES string of the molecule is CCCCCC/C=C\CCCC(=O)O[C@H](CCCCCCC)CC(=O)NC(COCCC(O)CCCCCCC)COP(=O)([O-])OCCNC(=O)C1OC(C)(C)OC1C(=O)NCCOP(=O)([O-])OCC(COCCC(O)CCCCCCC)NC(=O)C[C@@H](CCCCCCC)OC(=O)CCC/C=C\CCCCCC.[Na+].[Na+]. The van der Waals surface area contributed by atoms with Crippen molar-refractivity contribution in [1.29, 1.82) is 0 Å². The Bertz CT molecular complexity index is 2330. The van der Waals surface area contributed by atoms with Crippen LogP contribution >= 0.6 is 15.6 Å². The molecule has 1 heterocycles. The van der Waals surface area contributed by atoms with Gasteiger partial charge in [0.1, 0.15) is 12.2 Å². The van der Waals surface area contributed by atoms with E-state index in [0.29, 0.717) is 51.4 Å². The molecule has 0 aliphatic carbocycles. The second-order valence-electron chi connectivity index (χ2n) is 29.6. The summed E-state index contributed by atoms with van der Waals surface area (Å²) in [5.74, 6) is -5.06. The molecule has 0 saturated carbocycles. The Morgan fingerprint density at radius 2 is 0.721 bits per heavy atom. The van der Waals surface area contributed by atoms with Crippen molar-refractivity contribution in [3.63, 3.8) is 0 Å². The van der Waals surface area contributed by atoms with Gasteiger partial charge in [0.05, 0.1) is 76.8 Å². The third kappa shape index (κ3) is 65.9. The number of esters is 2. The standard InChI is InChI=1S/C81H152N4O22P2.2Na/c1-9-15-21-27-29-31-33-39-45-51-75(90)104-71(49-43-37-25-19-13-5)61-73(88)84-67(63-98-57-53-69(86)47-41-35-23-17-11-3)65-102-108(94,95)100-59-55-82-79(92)77-78(107-81(7,8)106-77)80(93)83-56-60-101-109(96,97)103-66-68(64-99-58-54-70(87)48-42-36-24-18-12-4)85-74(89)62-72(50-44-38-26-20-14-6)105-76(91)52-46-40-34-32-30-28-22-16-10-2;;/h31-34,67-72,77-78,86-87H,9-30,35-66H2,1-8H3,(H,82,92)(H,83,93)(H,84,88)(H,85,89)(H,94,95)(H,96,97);;/q;2*+1/p-2/b33-31-,34-32-;;/t67?,68?,69?,70?,71-,72-,77?,78?;;/m1../s1. The monoisotopic (exact) mass is 1640 g/mol. The Hall–Kier alpha value is -1.72. The molecule has 8 unspecified atom stereocenters. The van der Waals surface area contributed by atoms with Crippen LogP contribution in [0.5, 0.6) is 0 Å². The molecule has 1 aliphatic heterocycles. The van der Waals surface area contributed by atoms with Gasteiger partial charge in [0, 0.05) is 39.1 Å². The van der Waals surface area contributed by atoms with Crippen LogP contribution in [0.4, 0.5) is 0 Å². The molecule has 0 aromatic carbocycles. The van der Waals surface area contributed by atoms with E-state index in [2.05, 4.69) is 87.1 Å². The van der Waals surface area contributed by atoms with Crippen molar-refractivity contribution in [3.05, 3.63) is 24.3 Å². The van der Waals surface area contributed by atoms with E-state index in [1.54, 1.807) is 0 Å². The molecule has 1 saturated heterocycles. The Balaban J connectivity index is 0. The van der Waals surface area contributed by atoms with Crippen LogP contribution in [0.15, 0.2) is 24.3 Å². The normalized spacial score (nSPS) is 16.8. The molecule has 4 amide bonds. The largest absolute Gasteiger partial charge is 1.00 e. The van der Waals surface area contributed by atoms with E-state index in [1.165, 1.54) is 52.4 Å². The number of amides is 4. The summed E-state index contributed by atoms with van der Waals surface area (Å²) in [6.07, 6.45) is 39.4. The van der Waals surface area contributed by atoms with E-state index in [-0.39, 0.29) is 111 Å². The summed E-state index contributed by atoms with van der Waals surface area (Å²) in [6.45, 7) is 12.3. The number of hydrogen-bond donors (Lipinski definition) is 6. The summed E-state index contributed by atoms with van der Waals surface area (Å²) in [5.41, 5.74) is 0. The van der Waals surface area contributed by atoms with Crippen LogP contribution in [0, 0.1) is 0 Å². The van der Waals surface area contributed by atoms with Gasteiger partial charge in [-0.05, 0) is 117 Å². The molecule has 111 heavy (non-hydrogen) atoms. The average Bonchev–Trinajstić information content (AvgIpc) is 1.66. The van der Waals surface area contributed by atoms with Gasteiger partial charge in [-0.25, -0.2) is 0 Å². The molecular weight excluding hydrogens is 1490 g/mol. The summed E-state index contributed by atoms with van der Waals surface area (Å²) < 4.78 is 82.1. The van der Waals surface area contributed by atoms with Crippen molar-refractivity contribution in [1.82, 2.24) is 21.3 Å². The van der Waals surface area contributed by atoms with Crippen LogP contribution in [-0.4, -0.2) is 166 Å². The Kier molecular flexibility index (Phi) is 73.6. The number of rotatable bonds is 76. The van der Waals surface area contributed by atoms with E-state index in [9.17, 15) is 57.9 Å². The maximum atomic E-state index is 13.7. The van der Waals surface area contributed by atoms with Gasteiger partial charge >= 0.3 is 71.1 Å². The molecule has 0 bridgehead atoms. The Morgan fingerprint density at radius 3 is 1.05 bits per heavy atom. The molecule has 0 aromatic rings. The number of aliphatic hydroxyl groups excluding tert-OH is 2. The van der Waals surface area contributed by atoms with Crippen LogP contribution in [0.3, 0.4) is 0 Å². The van der Waals surface area contributed by atoms with E-state index >= 15 is 0 Å². The molecule has 10 atom stereocenters. The number of carbonyl (C=O) groups excluding carboxylic acids is 6. The minimum atomic E-state index is -5.13. The molecule has 0 spiro atoms. The second kappa shape index (κ2) is 73.4. The van der Waals surface area contributed by atoms with Gasteiger partial charge in [-0.3, -0.25) is 37.9 Å². The second-order valence-corrected chi connectivity index (χ2v) is 32.5. The van der Waals surface area contributed by atoms with Crippen LogP contribution in [-0.2, 0) is 84.4 Å². The zero-order chi connectivity index (χ0) is 80.5. The number of ether oxygens (including phenoxy) is 6. The summed E-state index contributed by atoms with van der Waals surface area (Å²) in [5, 5.41) is 31.8. The molecular formula is C81H150N4Na2O22P2. The summed E-state index contributed by atoms with van der Waals surface area (Å²) in [4.78, 5) is 107. The zero-order valence-electron chi connectivity index (χ0n) is 70.6. The fourth-order valence-electron chi connectivity index (χ4n) is 12.3. The summed E-state index contributed by atoms with van der Waals surface area (Å²) >= 11 is 0.